The van der Waals surface area contributed by atoms with Crippen LogP contribution in [-0.2, 0) is 4.79 Å². The standard InChI is InChI=1S/C19H18N2OS/c22-13-17(20-9-5-2-6-10-20)18-14-23-19-11-16(12-21(18)19)15-7-3-1-4-8-15/h1,3-4,7-8,11-12,14H,2,5-6,9-10H2. The number of nitrogens with zero attached hydrogens (tertiary/aromatic N) is 2. The number of piperidine rings is 1. The fraction of sp³-hybridized carbons (Fsp3) is 0.263. The summed E-state index contributed by atoms with van der Waals surface area (Å²) in [6, 6.07) is 12.5. The van der Waals surface area contributed by atoms with Crippen molar-refractivity contribution in [3.8, 4) is 11.1 Å². The Kier molecular flexibility index (Phi) is 3.78. The maximum Gasteiger partial charge on any atom is 0.152 e. The van der Waals surface area contributed by atoms with Crippen LogP contribution >= 0.6 is 11.3 Å². The molecule has 2 aromatic heterocycles. The van der Waals surface area contributed by atoms with Crippen LogP contribution in [0.2, 0.25) is 0 Å². The summed E-state index contributed by atoms with van der Waals surface area (Å²) in [7, 11) is 0. The first-order valence-electron chi connectivity index (χ1n) is 8.02. The van der Waals surface area contributed by atoms with Crippen molar-refractivity contribution in [2.24, 2.45) is 0 Å². The topological polar surface area (TPSA) is 24.7 Å². The van der Waals surface area contributed by atoms with Crippen molar-refractivity contribution in [2.75, 3.05) is 13.1 Å². The molecule has 3 heterocycles. The number of thiazole rings is 1. The van der Waals surface area contributed by atoms with Gasteiger partial charge in [0.25, 0.3) is 0 Å². The Hall–Kier alpha value is -2.29. The lowest BCUT2D eigenvalue weighted by Crippen LogP contribution is -2.29. The molecule has 0 amide bonds. The van der Waals surface area contributed by atoms with Crippen LogP contribution < -0.4 is 0 Å². The van der Waals surface area contributed by atoms with Crippen molar-refractivity contribution in [1.82, 2.24) is 9.30 Å². The summed E-state index contributed by atoms with van der Waals surface area (Å²) in [5, 5.41) is 2.07. The average Bonchev–Trinajstić information content (AvgIpc) is 3.19. The van der Waals surface area contributed by atoms with Gasteiger partial charge >= 0.3 is 0 Å². The molecule has 0 spiro atoms. The molecule has 0 bridgehead atoms. The van der Waals surface area contributed by atoms with Gasteiger partial charge in [-0.25, -0.2) is 4.79 Å². The number of benzene rings is 1. The lowest BCUT2D eigenvalue weighted by Gasteiger charge is -2.28. The summed E-state index contributed by atoms with van der Waals surface area (Å²) < 4.78 is 2.13. The minimum atomic E-state index is 0.700. The molecule has 0 radical (unpaired) electrons. The summed E-state index contributed by atoms with van der Waals surface area (Å²) in [5.41, 5.74) is 4.04. The molecule has 1 fully saturated rings. The van der Waals surface area contributed by atoms with E-state index in [2.05, 4.69) is 45.0 Å². The molecule has 0 unspecified atom stereocenters. The van der Waals surface area contributed by atoms with Crippen LogP contribution in [0.5, 0.6) is 0 Å². The smallest absolute Gasteiger partial charge is 0.152 e. The van der Waals surface area contributed by atoms with E-state index in [4.69, 9.17) is 0 Å². The van der Waals surface area contributed by atoms with Crippen molar-refractivity contribution < 1.29 is 4.79 Å². The monoisotopic (exact) mass is 322 g/mol. The predicted molar refractivity (Wildman–Crippen MR) is 95.2 cm³/mol. The van der Waals surface area contributed by atoms with Gasteiger partial charge in [-0.3, -0.25) is 0 Å². The van der Waals surface area contributed by atoms with E-state index in [1.54, 1.807) is 11.3 Å². The third-order valence-electron chi connectivity index (χ3n) is 4.45. The van der Waals surface area contributed by atoms with E-state index < -0.39 is 0 Å². The van der Waals surface area contributed by atoms with E-state index in [0.29, 0.717) is 5.70 Å². The number of fused-ring (bicyclic) bond motifs is 1. The number of hydrogen-bond donors (Lipinski definition) is 0. The van der Waals surface area contributed by atoms with Crippen LogP contribution in [-0.4, -0.2) is 28.3 Å². The number of likely N-dealkylation sites (tertiary alicyclic amines) is 1. The van der Waals surface area contributed by atoms with Gasteiger partial charge < -0.3 is 9.30 Å². The molecule has 3 nitrogen and oxygen atoms in total. The first-order valence-corrected chi connectivity index (χ1v) is 8.90. The molecule has 0 N–H and O–H groups in total. The molecule has 0 saturated carbocycles. The quantitative estimate of drug-likeness (QED) is 0.671. The zero-order valence-corrected chi connectivity index (χ0v) is 13.7. The van der Waals surface area contributed by atoms with E-state index in [1.807, 2.05) is 18.2 Å². The van der Waals surface area contributed by atoms with Crippen molar-refractivity contribution >= 4 is 27.8 Å². The first-order chi connectivity index (χ1) is 11.4. The van der Waals surface area contributed by atoms with Gasteiger partial charge in [-0.05, 0) is 30.9 Å². The minimum Gasteiger partial charge on any atom is -0.361 e. The molecule has 0 aliphatic carbocycles. The van der Waals surface area contributed by atoms with Gasteiger partial charge in [0.05, 0.1) is 5.69 Å². The molecule has 23 heavy (non-hydrogen) atoms. The predicted octanol–water partition coefficient (Wildman–Crippen LogP) is 4.33. The highest BCUT2D eigenvalue weighted by atomic mass is 32.1. The van der Waals surface area contributed by atoms with Crippen LogP contribution in [0.25, 0.3) is 21.7 Å². The summed E-state index contributed by atoms with van der Waals surface area (Å²) in [6.07, 6.45) is 5.68. The Bertz CT molecular complexity index is 865. The molecule has 1 aliphatic heterocycles. The Morgan fingerprint density at radius 3 is 2.57 bits per heavy atom. The van der Waals surface area contributed by atoms with Gasteiger partial charge in [-0.2, -0.15) is 0 Å². The first kappa shape index (κ1) is 14.3. The van der Waals surface area contributed by atoms with Crippen molar-refractivity contribution in [3.63, 3.8) is 0 Å². The zero-order valence-electron chi connectivity index (χ0n) is 12.9. The Morgan fingerprint density at radius 2 is 1.83 bits per heavy atom. The fourth-order valence-corrected chi connectivity index (χ4v) is 4.17. The van der Waals surface area contributed by atoms with E-state index in [9.17, 15) is 4.79 Å². The van der Waals surface area contributed by atoms with E-state index in [-0.39, 0.29) is 0 Å². The number of aromatic nitrogens is 1. The van der Waals surface area contributed by atoms with Gasteiger partial charge in [0, 0.05) is 30.2 Å². The highest BCUT2D eigenvalue weighted by molar-refractivity contribution is 7.15. The Balaban J connectivity index is 1.75. The highest BCUT2D eigenvalue weighted by Gasteiger charge is 2.19. The molecular formula is C19H18N2OS. The summed E-state index contributed by atoms with van der Waals surface area (Å²) in [5.74, 6) is 2.19. The molecule has 4 heteroatoms. The van der Waals surface area contributed by atoms with Gasteiger partial charge in [0.15, 0.2) is 5.94 Å². The van der Waals surface area contributed by atoms with E-state index in [1.165, 1.54) is 17.5 Å². The van der Waals surface area contributed by atoms with Gasteiger partial charge in [-0.15, -0.1) is 11.3 Å². The number of carbonyl (C=O) groups excluding carboxylic acids is 1. The molecule has 3 aromatic rings. The second kappa shape index (κ2) is 6.07. The maximum absolute atomic E-state index is 11.6. The van der Waals surface area contributed by atoms with Crippen LogP contribution in [0.3, 0.4) is 0 Å². The molecule has 1 saturated heterocycles. The largest absolute Gasteiger partial charge is 0.361 e. The van der Waals surface area contributed by atoms with Gasteiger partial charge in [0.1, 0.15) is 10.5 Å². The SMILES string of the molecule is O=C=C(c1csc2cc(-c3ccccc3)cn12)N1CCCCC1. The Morgan fingerprint density at radius 1 is 1.04 bits per heavy atom. The van der Waals surface area contributed by atoms with E-state index >= 15 is 0 Å². The molecule has 1 aliphatic rings. The molecule has 1 aromatic carbocycles. The molecule has 116 valence electrons. The van der Waals surface area contributed by atoms with Gasteiger partial charge in [0.2, 0.25) is 0 Å². The van der Waals surface area contributed by atoms with Gasteiger partial charge in [-0.1, -0.05) is 30.3 Å². The zero-order chi connectivity index (χ0) is 15.6. The third kappa shape index (κ3) is 2.61. The normalized spacial score (nSPS) is 14.9. The maximum atomic E-state index is 11.6. The van der Waals surface area contributed by atoms with Crippen molar-refractivity contribution in [3.05, 3.63) is 53.7 Å². The van der Waals surface area contributed by atoms with Crippen LogP contribution in [0.4, 0.5) is 0 Å². The average molecular weight is 322 g/mol. The lowest BCUT2D eigenvalue weighted by atomic mass is 10.1. The van der Waals surface area contributed by atoms with E-state index in [0.717, 1.165) is 36.5 Å². The molecule has 4 rings (SSSR count). The van der Waals surface area contributed by atoms with Crippen LogP contribution in [0.1, 0.15) is 25.0 Å². The number of hydrogen-bond acceptors (Lipinski definition) is 3. The van der Waals surface area contributed by atoms with Crippen LogP contribution in [0.15, 0.2) is 48.0 Å². The second-order valence-corrected chi connectivity index (χ2v) is 6.81. The minimum absolute atomic E-state index is 0.700. The second-order valence-electron chi connectivity index (χ2n) is 5.92. The highest BCUT2D eigenvalue weighted by Crippen LogP contribution is 2.31. The van der Waals surface area contributed by atoms with Crippen molar-refractivity contribution in [2.45, 2.75) is 19.3 Å². The lowest BCUT2D eigenvalue weighted by molar-refractivity contribution is 0.325. The summed E-state index contributed by atoms with van der Waals surface area (Å²) in [6.45, 7) is 1.91. The Labute approximate surface area is 139 Å². The van der Waals surface area contributed by atoms with Crippen molar-refractivity contribution in [1.29, 1.82) is 0 Å². The molecule has 0 atom stereocenters. The summed E-state index contributed by atoms with van der Waals surface area (Å²) in [4.78, 5) is 14.9. The fourth-order valence-electron chi connectivity index (χ4n) is 3.25. The summed E-state index contributed by atoms with van der Waals surface area (Å²) >= 11 is 1.67. The van der Waals surface area contributed by atoms with Crippen LogP contribution in [0, 0.1) is 0 Å². The molecular weight excluding hydrogens is 304 g/mol. The third-order valence-corrected chi connectivity index (χ3v) is 5.35. The number of rotatable bonds is 3.